The van der Waals surface area contributed by atoms with Crippen LogP contribution in [0, 0.1) is 0 Å². The highest BCUT2D eigenvalue weighted by atomic mass is 35.5. The van der Waals surface area contributed by atoms with Crippen LogP contribution in [0.1, 0.15) is 37.2 Å². The standard InChI is InChI=1S/C15H17ClN2/c1-11(13-7-3-4-8-14(13)16)18-12(2)15-9-5-6-10-17-15/h3-12,18H,1-2H3/t11?,12-/m0/s1. The fourth-order valence-electron chi connectivity index (χ4n) is 2.01. The molecule has 0 saturated carbocycles. The van der Waals surface area contributed by atoms with Gasteiger partial charge < -0.3 is 5.32 Å². The number of nitrogens with one attached hydrogen (secondary N) is 1. The van der Waals surface area contributed by atoms with E-state index in [0.717, 1.165) is 16.3 Å². The summed E-state index contributed by atoms with van der Waals surface area (Å²) in [6, 6.07) is 14.2. The van der Waals surface area contributed by atoms with E-state index in [1.807, 2.05) is 48.7 Å². The lowest BCUT2D eigenvalue weighted by Gasteiger charge is -2.20. The molecule has 18 heavy (non-hydrogen) atoms. The lowest BCUT2D eigenvalue weighted by molar-refractivity contribution is 0.486. The summed E-state index contributed by atoms with van der Waals surface area (Å²) >= 11 is 6.19. The summed E-state index contributed by atoms with van der Waals surface area (Å²) in [5.74, 6) is 0. The Morgan fingerprint density at radius 3 is 2.39 bits per heavy atom. The van der Waals surface area contributed by atoms with Gasteiger partial charge in [-0.3, -0.25) is 4.98 Å². The third kappa shape index (κ3) is 3.09. The van der Waals surface area contributed by atoms with Gasteiger partial charge in [0.15, 0.2) is 0 Å². The Kier molecular flexibility index (Phi) is 4.34. The van der Waals surface area contributed by atoms with E-state index in [1.165, 1.54) is 0 Å². The van der Waals surface area contributed by atoms with Crippen LogP contribution in [-0.2, 0) is 0 Å². The maximum absolute atomic E-state index is 6.19. The minimum Gasteiger partial charge on any atom is -0.302 e. The van der Waals surface area contributed by atoms with Crippen LogP contribution in [-0.4, -0.2) is 4.98 Å². The summed E-state index contributed by atoms with van der Waals surface area (Å²) in [7, 11) is 0. The van der Waals surface area contributed by atoms with Crippen LogP contribution in [0.4, 0.5) is 0 Å². The van der Waals surface area contributed by atoms with Gasteiger partial charge in [-0.15, -0.1) is 0 Å². The van der Waals surface area contributed by atoms with Crippen molar-refractivity contribution in [1.82, 2.24) is 10.3 Å². The topological polar surface area (TPSA) is 24.9 Å². The number of halogens is 1. The Hall–Kier alpha value is -1.38. The van der Waals surface area contributed by atoms with E-state index < -0.39 is 0 Å². The molecule has 1 unspecified atom stereocenters. The minimum atomic E-state index is 0.190. The quantitative estimate of drug-likeness (QED) is 0.893. The van der Waals surface area contributed by atoms with Gasteiger partial charge in [0.2, 0.25) is 0 Å². The molecule has 1 N–H and O–H groups in total. The Bertz CT molecular complexity index is 499. The van der Waals surface area contributed by atoms with Crippen molar-refractivity contribution in [1.29, 1.82) is 0 Å². The van der Waals surface area contributed by atoms with Crippen molar-refractivity contribution in [2.75, 3.05) is 0 Å². The highest BCUT2D eigenvalue weighted by Gasteiger charge is 2.13. The third-order valence-corrected chi connectivity index (χ3v) is 3.35. The molecule has 2 nitrogen and oxygen atoms in total. The average Bonchev–Trinajstić information content (AvgIpc) is 2.40. The van der Waals surface area contributed by atoms with Crippen molar-refractivity contribution in [3.8, 4) is 0 Å². The monoisotopic (exact) mass is 260 g/mol. The van der Waals surface area contributed by atoms with Gasteiger partial charge in [0, 0.05) is 23.3 Å². The number of pyridine rings is 1. The summed E-state index contributed by atoms with van der Waals surface area (Å²) in [6.45, 7) is 4.22. The second-order valence-electron chi connectivity index (χ2n) is 4.39. The van der Waals surface area contributed by atoms with Crippen molar-refractivity contribution in [3.63, 3.8) is 0 Å². The van der Waals surface area contributed by atoms with Crippen LogP contribution < -0.4 is 5.32 Å². The summed E-state index contributed by atoms with van der Waals surface area (Å²) < 4.78 is 0. The molecule has 0 aliphatic rings. The van der Waals surface area contributed by atoms with E-state index in [4.69, 9.17) is 11.6 Å². The molecule has 0 aliphatic heterocycles. The second kappa shape index (κ2) is 5.98. The Morgan fingerprint density at radius 2 is 1.72 bits per heavy atom. The molecule has 0 radical (unpaired) electrons. The van der Waals surface area contributed by atoms with Crippen LogP contribution in [0.2, 0.25) is 5.02 Å². The largest absolute Gasteiger partial charge is 0.302 e. The van der Waals surface area contributed by atoms with E-state index >= 15 is 0 Å². The lowest BCUT2D eigenvalue weighted by atomic mass is 10.1. The zero-order chi connectivity index (χ0) is 13.0. The van der Waals surface area contributed by atoms with Crippen molar-refractivity contribution in [2.45, 2.75) is 25.9 Å². The first-order valence-electron chi connectivity index (χ1n) is 6.10. The minimum absolute atomic E-state index is 0.190. The first-order valence-corrected chi connectivity index (χ1v) is 6.47. The van der Waals surface area contributed by atoms with Gasteiger partial charge in [0.25, 0.3) is 0 Å². The average molecular weight is 261 g/mol. The number of hydrogen-bond acceptors (Lipinski definition) is 2. The van der Waals surface area contributed by atoms with E-state index in [9.17, 15) is 0 Å². The van der Waals surface area contributed by atoms with Gasteiger partial charge in [0.1, 0.15) is 0 Å². The number of nitrogens with zero attached hydrogens (tertiary/aromatic N) is 1. The Balaban J connectivity index is 2.08. The second-order valence-corrected chi connectivity index (χ2v) is 4.79. The van der Waals surface area contributed by atoms with Crippen molar-refractivity contribution < 1.29 is 0 Å². The summed E-state index contributed by atoms with van der Waals surface area (Å²) in [4.78, 5) is 4.35. The number of rotatable bonds is 4. The number of hydrogen-bond donors (Lipinski definition) is 1. The predicted molar refractivity (Wildman–Crippen MR) is 75.7 cm³/mol. The lowest BCUT2D eigenvalue weighted by Crippen LogP contribution is -2.23. The fraction of sp³-hybridized carbons (Fsp3) is 0.267. The SMILES string of the molecule is CC(N[C@@H](C)c1ccccn1)c1ccccc1Cl. The molecule has 1 heterocycles. The zero-order valence-corrected chi connectivity index (χ0v) is 11.4. The molecule has 2 aromatic rings. The number of aromatic nitrogens is 1. The highest BCUT2D eigenvalue weighted by Crippen LogP contribution is 2.24. The van der Waals surface area contributed by atoms with Gasteiger partial charge in [-0.25, -0.2) is 0 Å². The normalized spacial score (nSPS) is 14.2. The van der Waals surface area contributed by atoms with Crippen molar-refractivity contribution in [2.24, 2.45) is 0 Å². The maximum Gasteiger partial charge on any atom is 0.0570 e. The van der Waals surface area contributed by atoms with Crippen LogP contribution in [0.5, 0.6) is 0 Å². The van der Waals surface area contributed by atoms with Crippen molar-refractivity contribution in [3.05, 3.63) is 64.9 Å². The first kappa shape index (κ1) is 13.1. The molecule has 0 fully saturated rings. The van der Waals surface area contributed by atoms with Gasteiger partial charge in [-0.2, -0.15) is 0 Å². The zero-order valence-electron chi connectivity index (χ0n) is 10.6. The summed E-state index contributed by atoms with van der Waals surface area (Å²) in [6.07, 6.45) is 1.81. The molecule has 0 bridgehead atoms. The van der Waals surface area contributed by atoms with Gasteiger partial charge in [-0.1, -0.05) is 35.9 Å². The first-order chi connectivity index (χ1) is 8.68. The van der Waals surface area contributed by atoms with Crippen LogP contribution in [0.15, 0.2) is 48.7 Å². The molecule has 0 aliphatic carbocycles. The molecule has 0 saturated heterocycles. The van der Waals surface area contributed by atoms with Crippen LogP contribution >= 0.6 is 11.6 Å². The number of benzene rings is 1. The van der Waals surface area contributed by atoms with Crippen LogP contribution in [0.3, 0.4) is 0 Å². The van der Waals surface area contributed by atoms with Crippen LogP contribution in [0.25, 0.3) is 0 Å². The Morgan fingerprint density at radius 1 is 1.00 bits per heavy atom. The molecule has 1 aromatic carbocycles. The molecule has 2 atom stereocenters. The maximum atomic E-state index is 6.19. The molecule has 3 heteroatoms. The summed E-state index contributed by atoms with van der Waals surface area (Å²) in [5, 5.41) is 4.30. The smallest absolute Gasteiger partial charge is 0.0570 e. The van der Waals surface area contributed by atoms with Crippen molar-refractivity contribution >= 4 is 11.6 Å². The molecular formula is C15H17ClN2. The van der Waals surface area contributed by atoms with Gasteiger partial charge >= 0.3 is 0 Å². The highest BCUT2D eigenvalue weighted by molar-refractivity contribution is 6.31. The molecule has 1 aromatic heterocycles. The molecular weight excluding hydrogens is 244 g/mol. The molecule has 0 amide bonds. The summed E-state index contributed by atoms with van der Waals surface area (Å²) in [5.41, 5.74) is 2.15. The third-order valence-electron chi connectivity index (χ3n) is 3.00. The van der Waals surface area contributed by atoms with E-state index in [-0.39, 0.29) is 12.1 Å². The fourth-order valence-corrected chi connectivity index (χ4v) is 2.31. The molecule has 94 valence electrons. The Labute approximate surface area is 113 Å². The van der Waals surface area contributed by atoms with E-state index in [0.29, 0.717) is 0 Å². The molecule has 2 rings (SSSR count). The van der Waals surface area contributed by atoms with Gasteiger partial charge in [-0.05, 0) is 37.6 Å². The van der Waals surface area contributed by atoms with Gasteiger partial charge in [0.05, 0.1) is 5.69 Å². The predicted octanol–water partition coefficient (Wildman–Crippen LogP) is 4.15. The van der Waals surface area contributed by atoms with E-state index in [2.05, 4.69) is 24.1 Å². The molecule has 0 spiro atoms. The van der Waals surface area contributed by atoms with E-state index in [1.54, 1.807) is 0 Å².